The highest BCUT2D eigenvalue weighted by atomic mass is 35.5. The number of nitrogens with one attached hydrogen (secondary N) is 2. The monoisotopic (exact) mass is 372 g/mol. The van der Waals surface area contributed by atoms with Gasteiger partial charge in [-0.1, -0.05) is 25.0 Å². The van der Waals surface area contributed by atoms with E-state index in [0.717, 1.165) is 48.2 Å². The number of halogens is 1. The molecule has 1 aliphatic carbocycles. The molecule has 2 fully saturated rings. The van der Waals surface area contributed by atoms with Crippen molar-refractivity contribution in [2.75, 3.05) is 13.1 Å². The van der Waals surface area contributed by atoms with E-state index in [2.05, 4.69) is 28.5 Å². The Bertz CT molecular complexity index is 981. The van der Waals surface area contributed by atoms with Crippen LogP contribution in [0.5, 0.6) is 0 Å². The predicted molar refractivity (Wildman–Crippen MR) is 107 cm³/mol. The number of aromatic amines is 1. The van der Waals surface area contributed by atoms with E-state index in [4.69, 9.17) is 5.10 Å². The summed E-state index contributed by atoms with van der Waals surface area (Å²) in [6.07, 6.45) is 7.21. The van der Waals surface area contributed by atoms with Gasteiger partial charge in [-0.05, 0) is 56.3 Å². The zero-order valence-corrected chi connectivity index (χ0v) is 15.6. The maximum atomic E-state index is 12.4. The highest BCUT2D eigenvalue weighted by Crippen LogP contribution is 2.39. The van der Waals surface area contributed by atoms with Crippen molar-refractivity contribution in [1.29, 1.82) is 0 Å². The first-order valence-electron chi connectivity index (χ1n) is 9.56. The Morgan fingerprint density at radius 2 is 1.81 bits per heavy atom. The van der Waals surface area contributed by atoms with Crippen LogP contribution >= 0.6 is 12.4 Å². The summed E-state index contributed by atoms with van der Waals surface area (Å²) in [7, 11) is 0. The minimum atomic E-state index is -0.0101. The van der Waals surface area contributed by atoms with Gasteiger partial charge in [-0.2, -0.15) is 5.10 Å². The van der Waals surface area contributed by atoms with Crippen molar-refractivity contribution < 1.29 is 0 Å². The van der Waals surface area contributed by atoms with Crippen molar-refractivity contribution in [3.63, 3.8) is 0 Å². The third-order valence-corrected chi connectivity index (χ3v) is 6.05. The third-order valence-electron chi connectivity index (χ3n) is 6.05. The average Bonchev–Trinajstić information content (AvgIpc) is 3.29. The summed E-state index contributed by atoms with van der Waals surface area (Å²) in [5.74, 6) is 0.998. The van der Waals surface area contributed by atoms with E-state index in [1.54, 1.807) is 6.07 Å². The van der Waals surface area contributed by atoms with Crippen molar-refractivity contribution in [3.8, 4) is 0 Å². The van der Waals surface area contributed by atoms with Gasteiger partial charge in [0, 0.05) is 17.4 Å². The minimum Gasteiger partial charge on any atom is -0.317 e. The standard InChI is InChI=1S/C20H24N4O.ClH/c25-18-12-17(14-8-10-21-11-9-14)24-20(22-18)19-15(13-4-1-2-5-13)6-3-7-16(19)23-24;/h3,6-7,12-14,21H,1-2,4-5,8-11H2,(H,22,25);1H. The van der Waals surface area contributed by atoms with Gasteiger partial charge in [0.1, 0.15) is 5.65 Å². The van der Waals surface area contributed by atoms with Gasteiger partial charge in [0.05, 0.1) is 11.2 Å². The summed E-state index contributed by atoms with van der Waals surface area (Å²) in [6, 6.07) is 8.18. The number of benzene rings is 1. The zero-order valence-electron chi connectivity index (χ0n) is 14.8. The largest absolute Gasteiger partial charge is 0.317 e. The zero-order chi connectivity index (χ0) is 16.8. The molecule has 0 spiro atoms. The molecule has 138 valence electrons. The fourth-order valence-electron chi connectivity index (χ4n) is 4.80. The van der Waals surface area contributed by atoms with Crippen LogP contribution in [0.2, 0.25) is 0 Å². The molecule has 0 bridgehead atoms. The first-order chi connectivity index (χ1) is 12.3. The second kappa shape index (κ2) is 7.05. The lowest BCUT2D eigenvalue weighted by atomic mass is 9.93. The molecule has 5 rings (SSSR count). The second-order valence-electron chi connectivity index (χ2n) is 7.57. The van der Waals surface area contributed by atoms with E-state index < -0.39 is 0 Å². The van der Waals surface area contributed by atoms with Crippen LogP contribution in [0.25, 0.3) is 16.6 Å². The lowest BCUT2D eigenvalue weighted by Crippen LogP contribution is -2.28. The molecule has 0 amide bonds. The quantitative estimate of drug-likeness (QED) is 0.720. The molecule has 2 aliphatic rings. The average molecular weight is 373 g/mol. The normalized spacial score (nSPS) is 19.2. The van der Waals surface area contributed by atoms with E-state index in [9.17, 15) is 4.79 Å². The van der Waals surface area contributed by atoms with Crippen molar-refractivity contribution in [3.05, 3.63) is 45.9 Å². The van der Waals surface area contributed by atoms with Crippen LogP contribution in [-0.2, 0) is 0 Å². The molecular weight excluding hydrogens is 348 g/mol. The van der Waals surface area contributed by atoms with Crippen LogP contribution in [0.4, 0.5) is 0 Å². The van der Waals surface area contributed by atoms with Crippen LogP contribution in [0.1, 0.15) is 61.6 Å². The van der Waals surface area contributed by atoms with Crippen LogP contribution < -0.4 is 10.9 Å². The van der Waals surface area contributed by atoms with E-state index in [-0.39, 0.29) is 18.0 Å². The molecule has 0 atom stereocenters. The number of rotatable bonds is 2. The number of hydrogen-bond acceptors (Lipinski definition) is 3. The van der Waals surface area contributed by atoms with Crippen LogP contribution in [-0.4, -0.2) is 27.7 Å². The number of nitrogens with zero attached hydrogens (tertiary/aromatic N) is 2. The number of H-pyrrole nitrogens is 1. The summed E-state index contributed by atoms with van der Waals surface area (Å²) in [5, 5.41) is 9.45. The number of fused-ring (bicyclic) bond motifs is 3. The topological polar surface area (TPSA) is 62.2 Å². The highest BCUT2D eigenvalue weighted by Gasteiger charge is 2.24. The second-order valence-corrected chi connectivity index (χ2v) is 7.57. The predicted octanol–water partition coefficient (Wildman–Crippen LogP) is 3.72. The van der Waals surface area contributed by atoms with Crippen LogP contribution in [0.15, 0.2) is 29.1 Å². The Hall–Kier alpha value is -1.85. The summed E-state index contributed by atoms with van der Waals surface area (Å²) in [4.78, 5) is 15.5. The maximum Gasteiger partial charge on any atom is 0.251 e. The molecule has 3 heterocycles. The maximum absolute atomic E-state index is 12.4. The highest BCUT2D eigenvalue weighted by molar-refractivity contribution is 5.95. The number of piperidine rings is 1. The summed E-state index contributed by atoms with van der Waals surface area (Å²) >= 11 is 0. The first-order valence-corrected chi connectivity index (χ1v) is 9.56. The molecule has 0 unspecified atom stereocenters. The first kappa shape index (κ1) is 17.6. The molecule has 1 aliphatic heterocycles. The number of hydrogen-bond donors (Lipinski definition) is 2. The van der Waals surface area contributed by atoms with Crippen molar-refractivity contribution in [2.45, 2.75) is 50.4 Å². The van der Waals surface area contributed by atoms with Crippen LogP contribution in [0, 0.1) is 0 Å². The van der Waals surface area contributed by atoms with Gasteiger partial charge in [-0.15, -0.1) is 12.4 Å². The van der Waals surface area contributed by atoms with Gasteiger partial charge >= 0.3 is 0 Å². The van der Waals surface area contributed by atoms with E-state index in [1.165, 1.54) is 31.2 Å². The Kier molecular flexibility index (Phi) is 4.76. The smallest absolute Gasteiger partial charge is 0.251 e. The van der Waals surface area contributed by atoms with Crippen molar-refractivity contribution in [2.24, 2.45) is 0 Å². The number of aromatic nitrogens is 3. The van der Waals surface area contributed by atoms with E-state index >= 15 is 0 Å². The molecular formula is C20H25ClN4O. The Labute approximate surface area is 158 Å². The molecule has 6 heteroatoms. The van der Waals surface area contributed by atoms with Gasteiger partial charge in [0.25, 0.3) is 5.56 Å². The molecule has 3 aromatic rings. The fourth-order valence-corrected chi connectivity index (χ4v) is 4.80. The van der Waals surface area contributed by atoms with Crippen molar-refractivity contribution >= 4 is 29.0 Å². The van der Waals surface area contributed by atoms with Gasteiger partial charge in [0.2, 0.25) is 0 Å². The van der Waals surface area contributed by atoms with Gasteiger partial charge in [0.15, 0.2) is 0 Å². The Balaban J connectivity index is 0.00000168. The molecule has 26 heavy (non-hydrogen) atoms. The Morgan fingerprint density at radius 3 is 2.58 bits per heavy atom. The molecule has 0 radical (unpaired) electrons. The van der Waals surface area contributed by atoms with Gasteiger partial charge < -0.3 is 10.3 Å². The summed E-state index contributed by atoms with van der Waals surface area (Å²) in [5.41, 5.74) is 4.31. The summed E-state index contributed by atoms with van der Waals surface area (Å²) < 4.78 is 2.01. The third kappa shape index (κ3) is 2.83. The lowest BCUT2D eigenvalue weighted by Gasteiger charge is -2.23. The lowest BCUT2D eigenvalue weighted by molar-refractivity contribution is 0.446. The SMILES string of the molecule is Cl.O=c1cc(C2CCNCC2)n2nc3cccc(C4CCCC4)c3c2[nH]1. The van der Waals surface area contributed by atoms with Gasteiger partial charge in [-0.25, -0.2) is 4.52 Å². The van der Waals surface area contributed by atoms with Crippen molar-refractivity contribution in [1.82, 2.24) is 19.9 Å². The molecule has 2 N–H and O–H groups in total. The Morgan fingerprint density at radius 1 is 1.04 bits per heavy atom. The molecule has 1 saturated heterocycles. The fraction of sp³-hybridized carbons (Fsp3) is 0.500. The van der Waals surface area contributed by atoms with Crippen LogP contribution in [0.3, 0.4) is 0 Å². The van der Waals surface area contributed by atoms with E-state index in [1.807, 2.05) is 4.52 Å². The minimum absolute atomic E-state index is 0. The molecule has 5 nitrogen and oxygen atoms in total. The molecule has 1 saturated carbocycles. The van der Waals surface area contributed by atoms with E-state index in [0.29, 0.717) is 11.8 Å². The summed E-state index contributed by atoms with van der Waals surface area (Å²) in [6.45, 7) is 2.01. The molecule has 2 aromatic heterocycles. The molecule has 1 aromatic carbocycles. The van der Waals surface area contributed by atoms with Gasteiger partial charge in [-0.3, -0.25) is 4.79 Å².